The van der Waals surface area contributed by atoms with Gasteiger partial charge in [-0.3, -0.25) is 4.72 Å². The summed E-state index contributed by atoms with van der Waals surface area (Å²) in [6.45, 7) is 0. The zero-order valence-electron chi connectivity index (χ0n) is 13.5. The van der Waals surface area contributed by atoms with E-state index in [2.05, 4.69) is 15.0 Å². The zero-order chi connectivity index (χ0) is 19.6. The van der Waals surface area contributed by atoms with Crippen molar-refractivity contribution in [1.29, 1.82) is 0 Å². The van der Waals surface area contributed by atoms with E-state index >= 15 is 0 Å². The largest absolute Gasteiger partial charge is 0.364 e. The molecule has 0 aliphatic heterocycles. The maximum atomic E-state index is 13.9. The van der Waals surface area contributed by atoms with Gasteiger partial charge in [0.05, 0.1) is 20.6 Å². The van der Waals surface area contributed by atoms with E-state index in [9.17, 15) is 12.8 Å². The smallest absolute Gasteiger partial charge is 0.263 e. The number of thiazole rings is 1. The van der Waals surface area contributed by atoms with Crippen LogP contribution in [-0.2, 0) is 10.0 Å². The maximum absolute atomic E-state index is 13.9. The molecule has 0 saturated heterocycles. The van der Waals surface area contributed by atoms with Gasteiger partial charge in [0, 0.05) is 17.1 Å². The lowest BCUT2D eigenvalue weighted by Gasteiger charge is -2.19. The molecule has 2 aromatic carbocycles. The summed E-state index contributed by atoms with van der Waals surface area (Å²) in [6, 6.07) is 8.43. The molecular formula is C16H13Cl2FN4O2S2. The fraction of sp³-hybridized carbons (Fsp3) is 0.0625. The van der Waals surface area contributed by atoms with Crippen molar-refractivity contribution in [2.45, 2.75) is 11.1 Å². The molecule has 0 aliphatic rings. The standard InChI is InChI=1S/C16H13Cl2FN4O2S2/c17-11-7-9(27(24,25)23-16-21-5-6-26-16)8-12(18)14(11)22-15(20)10-3-1-2-4-13(10)19/h1-8,15,22H,20H2,(H,21,23)/t15-/m1/s1. The van der Waals surface area contributed by atoms with Crippen LogP contribution in [0.25, 0.3) is 0 Å². The molecule has 3 aromatic rings. The minimum absolute atomic E-state index is 0.0220. The summed E-state index contributed by atoms with van der Waals surface area (Å²) in [4.78, 5) is 3.73. The molecule has 1 heterocycles. The number of rotatable bonds is 6. The Morgan fingerprint density at radius 3 is 2.44 bits per heavy atom. The van der Waals surface area contributed by atoms with Crippen molar-refractivity contribution >= 4 is 55.4 Å². The summed E-state index contributed by atoms with van der Waals surface area (Å²) in [5.41, 5.74) is 6.39. The average Bonchev–Trinajstić information content (AvgIpc) is 3.10. The van der Waals surface area contributed by atoms with Crippen molar-refractivity contribution in [3.05, 3.63) is 69.4 Å². The molecule has 0 bridgehead atoms. The van der Waals surface area contributed by atoms with Gasteiger partial charge < -0.3 is 11.1 Å². The number of sulfonamides is 1. The number of halogens is 3. The first-order valence-electron chi connectivity index (χ1n) is 7.46. The van der Waals surface area contributed by atoms with E-state index in [1.54, 1.807) is 17.5 Å². The Morgan fingerprint density at radius 2 is 1.85 bits per heavy atom. The van der Waals surface area contributed by atoms with E-state index in [0.717, 1.165) is 11.3 Å². The molecule has 1 aromatic heterocycles. The third-order valence-corrected chi connectivity index (χ3v) is 6.25. The van der Waals surface area contributed by atoms with Gasteiger partial charge in [-0.15, -0.1) is 11.3 Å². The number of hydrogen-bond acceptors (Lipinski definition) is 6. The molecule has 0 fully saturated rings. The second kappa shape index (κ2) is 7.99. The number of hydrogen-bond donors (Lipinski definition) is 3. The maximum Gasteiger partial charge on any atom is 0.263 e. The Bertz CT molecular complexity index is 1040. The van der Waals surface area contributed by atoms with Gasteiger partial charge in [-0.25, -0.2) is 17.8 Å². The minimum Gasteiger partial charge on any atom is -0.364 e. The topological polar surface area (TPSA) is 97.1 Å². The summed E-state index contributed by atoms with van der Waals surface area (Å²) in [5.74, 6) is -0.489. The predicted octanol–water partition coefficient (Wildman–Crippen LogP) is 4.46. The van der Waals surface area contributed by atoms with Gasteiger partial charge in [-0.05, 0) is 18.2 Å². The molecule has 27 heavy (non-hydrogen) atoms. The normalized spacial score (nSPS) is 12.6. The SMILES string of the molecule is N[C@H](Nc1c(Cl)cc(S(=O)(=O)Nc2nccs2)cc1Cl)c1ccccc1F. The van der Waals surface area contributed by atoms with Crippen molar-refractivity contribution < 1.29 is 12.8 Å². The third kappa shape index (κ3) is 4.50. The number of nitrogens with zero attached hydrogens (tertiary/aromatic N) is 1. The van der Waals surface area contributed by atoms with Crippen LogP contribution < -0.4 is 15.8 Å². The van der Waals surface area contributed by atoms with Crippen LogP contribution in [0.4, 0.5) is 15.2 Å². The molecule has 142 valence electrons. The van der Waals surface area contributed by atoms with Crippen molar-refractivity contribution in [1.82, 2.24) is 4.98 Å². The molecule has 0 spiro atoms. The van der Waals surface area contributed by atoms with Crippen LogP contribution in [-0.4, -0.2) is 13.4 Å². The van der Waals surface area contributed by atoms with Gasteiger partial charge in [0.15, 0.2) is 5.13 Å². The number of nitrogens with two attached hydrogens (primary N) is 1. The molecule has 6 nitrogen and oxygen atoms in total. The number of anilines is 2. The lowest BCUT2D eigenvalue weighted by molar-refractivity contribution is 0.596. The van der Waals surface area contributed by atoms with Gasteiger partial charge >= 0.3 is 0 Å². The first-order chi connectivity index (χ1) is 12.8. The molecule has 0 aliphatic carbocycles. The Morgan fingerprint density at radius 1 is 1.19 bits per heavy atom. The summed E-state index contributed by atoms with van der Waals surface area (Å²) < 4.78 is 41.1. The highest BCUT2D eigenvalue weighted by molar-refractivity contribution is 7.93. The van der Waals surface area contributed by atoms with Gasteiger partial charge in [0.2, 0.25) is 0 Å². The monoisotopic (exact) mass is 446 g/mol. The molecule has 0 unspecified atom stereocenters. The van der Waals surface area contributed by atoms with Crippen LogP contribution in [0.3, 0.4) is 0 Å². The summed E-state index contributed by atoms with van der Waals surface area (Å²) in [5, 5.41) is 4.70. The molecule has 0 amide bonds. The molecule has 3 rings (SSSR count). The van der Waals surface area contributed by atoms with Crippen LogP contribution in [0.1, 0.15) is 11.7 Å². The first kappa shape index (κ1) is 19.8. The third-order valence-electron chi connectivity index (χ3n) is 3.52. The van der Waals surface area contributed by atoms with E-state index in [1.165, 1.54) is 30.5 Å². The highest BCUT2D eigenvalue weighted by Crippen LogP contribution is 2.35. The average molecular weight is 447 g/mol. The van der Waals surface area contributed by atoms with E-state index < -0.39 is 22.0 Å². The van der Waals surface area contributed by atoms with Crippen LogP contribution >= 0.6 is 34.5 Å². The first-order valence-corrected chi connectivity index (χ1v) is 10.6. The summed E-state index contributed by atoms with van der Waals surface area (Å²) in [6.07, 6.45) is 0.539. The van der Waals surface area contributed by atoms with E-state index in [1.807, 2.05) is 0 Å². The van der Waals surface area contributed by atoms with Gasteiger partial charge in [-0.2, -0.15) is 0 Å². The molecule has 0 saturated carbocycles. The minimum atomic E-state index is -3.92. The lowest BCUT2D eigenvalue weighted by Crippen LogP contribution is -2.22. The Hall–Kier alpha value is -1.91. The number of benzene rings is 2. The zero-order valence-corrected chi connectivity index (χ0v) is 16.6. The van der Waals surface area contributed by atoms with Crippen molar-refractivity contribution in [3.63, 3.8) is 0 Å². The molecule has 11 heteroatoms. The Kier molecular flexibility index (Phi) is 5.87. The number of aromatic nitrogens is 1. The fourth-order valence-corrected chi connectivity index (χ4v) is 4.82. The van der Waals surface area contributed by atoms with Gasteiger partial charge in [0.1, 0.15) is 12.0 Å². The van der Waals surface area contributed by atoms with Crippen LogP contribution in [0.15, 0.2) is 52.9 Å². The Balaban J connectivity index is 1.88. The molecule has 1 atom stereocenters. The van der Waals surface area contributed by atoms with Crippen LogP contribution in [0.5, 0.6) is 0 Å². The van der Waals surface area contributed by atoms with Gasteiger partial charge in [-0.1, -0.05) is 41.4 Å². The predicted molar refractivity (Wildman–Crippen MR) is 106 cm³/mol. The Labute approximate surface area is 169 Å². The second-order valence-electron chi connectivity index (χ2n) is 5.35. The molecule has 4 N–H and O–H groups in total. The highest BCUT2D eigenvalue weighted by Gasteiger charge is 2.21. The van der Waals surface area contributed by atoms with E-state index in [-0.39, 0.29) is 31.3 Å². The lowest BCUT2D eigenvalue weighted by atomic mass is 10.1. The highest BCUT2D eigenvalue weighted by atomic mass is 35.5. The summed E-state index contributed by atoms with van der Waals surface area (Å²) in [7, 11) is -3.92. The van der Waals surface area contributed by atoms with E-state index in [4.69, 9.17) is 28.9 Å². The molecule has 0 radical (unpaired) electrons. The van der Waals surface area contributed by atoms with Gasteiger partial charge in [0.25, 0.3) is 10.0 Å². The van der Waals surface area contributed by atoms with E-state index in [0.29, 0.717) is 0 Å². The quantitative estimate of drug-likeness (QED) is 0.485. The van der Waals surface area contributed by atoms with Crippen LogP contribution in [0, 0.1) is 5.82 Å². The van der Waals surface area contributed by atoms with Crippen molar-refractivity contribution in [3.8, 4) is 0 Å². The summed E-state index contributed by atoms with van der Waals surface area (Å²) >= 11 is 13.5. The second-order valence-corrected chi connectivity index (χ2v) is 8.74. The number of nitrogens with one attached hydrogen (secondary N) is 2. The van der Waals surface area contributed by atoms with Crippen molar-refractivity contribution in [2.24, 2.45) is 5.73 Å². The van der Waals surface area contributed by atoms with Crippen LogP contribution in [0.2, 0.25) is 10.0 Å². The van der Waals surface area contributed by atoms with Crippen molar-refractivity contribution in [2.75, 3.05) is 10.0 Å². The molecular weight excluding hydrogens is 434 g/mol. The fourth-order valence-electron chi connectivity index (χ4n) is 2.25.